The fourth-order valence-electron chi connectivity index (χ4n) is 3.33. The molecule has 32 heavy (non-hydrogen) atoms. The second-order valence-electron chi connectivity index (χ2n) is 7.51. The molecule has 0 bridgehead atoms. The molecule has 2 aromatic rings. The Bertz CT molecular complexity index is 944. The lowest BCUT2D eigenvalue weighted by molar-refractivity contribution is 0.0383. The summed E-state index contributed by atoms with van der Waals surface area (Å²) in [4.78, 5) is 29.5. The number of urea groups is 1. The lowest BCUT2D eigenvalue weighted by Crippen LogP contribution is -2.41. The van der Waals surface area contributed by atoms with Gasteiger partial charge in [-0.05, 0) is 30.3 Å². The van der Waals surface area contributed by atoms with Crippen molar-refractivity contribution in [2.45, 2.75) is 0 Å². The maximum Gasteiger partial charge on any atom is 0.323 e. The first kappa shape index (κ1) is 24.1. The third-order valence-electron chi connectivity index (χ3n) is 5.00. The quantitative estimate of drug-likeness (QED) is 0.562. The van der Waals surface area contributed by atoms with Crippen molar-refractivity contribution in [3.8, 4) is 0 Å². The molecule has 8 nitrogen and oxygen atoms in total. The third kappa shape index (κ3) is 6.49. The molecule has 1 fully saturated rings. The highest BCUT2D eigenvalue weighted by atomic mass is 35.5. The van der Waals surface area contributed by atoms with Crippen LogP contribution in [0, 0.1) is 0 Å². The topological polar surface area (TPSA) is 85.9 Å². The van der Waals surface area contributed by atoms with E-state index in [2.05, 4.69) is 20.9 Å². The van der Waals surface area contributed by atoms with E-state index in [0.717, 1.165) is 25.3 Å². The molecule has 10 heteroatoms. The molecule has 1 aliphatic rings. The highest BCUT2D eigenvalue weighted by Gasteiger charge is 2.17. The number of carbonyl (C=O) groups excluding carboxylic acids is 2. The number of amides is 3. The van der Waals surface area contributed by atoms with Gasteiger partial charge in [0.2, 0.25) is 0 Å². The fraction of sp³-hybridized carbons (Fsp3) is 0.364. The maximum atomic E-state index is 12.9. The minimum Gasteiger partial charge on any atom is -0.379 e. The van der Waals surface area contributed by atoms with Gasteiger partial charge in [-0.3, -0.25) is 9.69 Å². The van der Waals surface area contributed by atoms with E-state index in [-0.39, 0.29) is 5.91 Å². The van der Waals surface area contributed by atoms with E-state index in [4.69, 9.17) is 27.9 Å². The molecular formula is C22H27Cl2N5O3. The largest absolute Gasteiger partial charge is 0.379 e. The molecule has 1 saturated heterocycles. The van der Waals surface area contributed by atoms with Gasteiger partial charge in [-0.1, -0.05) is 29.3 Å². The molecule has 0 unspecified atom stereocenters. The van der Waals surface area contributed by atoms with Crippen LogP contribution in [0.25, 0.3) is 0 Å². The van der Waals surface area contributed by atoms with Crippen LogP contribution in [0.1, 0.15) is 10.4 Å². The number of halogens is 2. The summed E-state index contributed by atoms with van der Waals surface area (Å²) in [5.41, 5.74) is 1.99. The van der Waals surface area contributed by atoms with Crippen LogP contribution >= 0.6 is 23.2 Å². The van der Waals surface area contributed by atoms with Crippen molar-refractivity contribution in [3.05, 3.63) is 52.0 Å². The molecule has 3 rings (SSSR count). The van der Waals surface area contributed by atoms with Crippen molar-refractivity contribution in [3.63, 3.8) is 0 Å². The van der Waals surface area contributed by atoms with E-state index < -0.39 is 6.03 Å². The van der Waals surface area contributed by atoms with Crippen LogP contribution in [0.5, 0.6) is 0 Å². The van der Waals surface area contributed by atoms with Gasteiger partial charge in [-0.2, -0.15) is 0 Å². The molecule has 1 aliphatic heterocycles. The number of hydrogen-bond donors (Lipinski definition) is 3. The molecular weight excluding hydrogens is 453 g/mol. The van der Waals surface area contributed by atoms with Gasteiger partial charge < -0.3 is 25.6 Å². The molecule has 0 aromatic heterocycles. The van der Waals surface area contributed by atoms with Gasteiger partial charge in [0.05, 0.1) is 34.5 Å². The second-order valence-corrected chi connectivity index (χ2v) is 8.33. The highest BCUT2D eigenvalue weighted by molar-refractivity contribution is 6.39. The predicted molar refractivity (Wildman–Crippen MR) is 129 cm³/mol. The van der Waals surface area contributed by atoms with Gasteiger partial charge >= 0.3 is 6.03 Å². The van der Waals surface area contributed by atoms with Gasteiger partial charge in [0.15, 0.2) is 0 Å². The van der Waals surface area contributed by atoms with Crippen molar-refractivity contribution in [2.75, 3.05) is 69.0 Å². The fourth-order valence-corrected chi connectivity index (χ4v) is 3.82. The Morgan fingerprint density at radius 3 is 2.41 bits per heavy atom. The van der Waals surface area contributed by atoms with Crippen molar-refractivity contribution < 1.29 is 14.3 Å². The predicted octanol–water partition coefficient (Wildman–Crippen LogP) is 3.77. The monoisotopic (exact) mass is 479 g/mol. The number of morpholine rings is 1. The van der Waals surface area contributed by atoms with E-state index in [9.17, 15) is 9.59 Å². The summed E-state index contributed by atoms with van der Waals surface area (Å²) in [6.45, 7) is 4.44. The van der Waals surface area contributed by atoms with Gasteiger partial charge in [0.1, 0.15) is 0 Å². The maximum absolute atomic E-state index is 12.9. The zero-order valence-corrected chi connectivity index (χ0v) is 19.6. The number of carbonyl (C=O) groups is 2. The molecule has 0 aliphatic carbocycles. The zero-order chi connectivity index (χ0) is 23.1. The SMILES string of the molecule is CN(C)c1ccc(NC(=O)Nc2c(Cl)cccc2Cl)cc1C(=O)NCCN1CCOCC1. The minimum absolute atomic E-state index is 0.208. The van der Waals surface area contributed by atoms with Crippen molar-refractivity contribution >= 4 is 52.2 Å². The molecule has 0 radical (unpaired) electrons. The van der Waals surface area contributed by atoms with Crippen LogP contribution < -0.4 is 20.9 Å². The van der Waals surface area contributed by atoms with Crippen molar-refractivity contribution in [1.82, 2.24) is 10.2 Å². The number of para-hydroxylation sites is 1. The summed E-state index contributed by atoms with van der Waals surface area (Å²) in [6.07, 6.45) is 0. The Hall–Kier alpha value is -2.52. The summed E-state index contributed by atoms with van der Waals surface area (Å²) >= 11 is 12.2. The third-order valence-corrected chi connectivity index (χ3v) is 5.63. The Balaban J connectivity index is 1.66. The van der Waals surface area contributed by atoms with Gasteiger partial charge in [-0.15, -0.1) is 0 Å². The average molecular weight is 480 g/mol. The van der Waals surface area contributed by atoms with Crippen LogP contribution in [0.15, 0.2) is 36.4 Å². The first-order valence-corrected chi connectivity index (χ1v) is 11.0. The number of ether oxygens (including phenoxy) is 1. The first-order valence-electron chi connectivity index (χ1n) is 10.3. The lowest BCUT2D eigenvalue weighted by atomic mass is 10.1. The van der Waals surface area contributed by atoms with E-state index >= 15 is 0 Å². The molecule has 1 heterocycles. The molecule has 0 saturated carbocycles. The minimum atomic E-state index is -0.517. The van der Waals surface area contributed by atoms with Gasteiger partial charge in [-0.25, -0.2) is 4.79 Å². The Kier molecular flexibility index (Phi) is 8.58. The molecule has 0 atom stereocenters. The highest BCUT2D eigenvalue weighted by Crippen LogP contribution is 2.30. The van der Waals surface area contributed by atoms with Crippen molar-refractivity contribution in [2.24, 2.45) is 0 Å². The zero-order valence-electron chi connectivity index (χ0n) is 18.1. The summed E-state index contributed by atoms with van der Waals surface area (Å²) in [7, 11) is 3.72. The molecule has 2 aromatic carbocycles. The van der Waals surface area contributed by atoms with E-state index in [1.807, 2.05) is 19.0 Å². The number of anilines is 3. The number of benzene rings is 2. The number of nitrogens with zero attached hydrogens (tertiary/aromatic N) is 2. The Morgan fingerprint density at radius 2 is 1.75 bits per heavy atom. The first-order chi connectivity index (χ1) is 15.3. The summed E-state index contributed by atoms with van der Waals surface area (Å²) < 4.78 is 5.35. The summed E-state index contributed by atoms with van der Waals surface area (Å²) in [5, 5.41) is 8.99. The molecule has 0 spiro atoms. The van der Waals surface area contributed by atoms with E-state index in [1.165, 1.54) is 0 Å². The number of hydrogen-bond acceptors (Lipinski definition) is 5. The van der Waals surface area contributed by atoms with Crippen LogP contribution in [0.3, 0.4) is 0 Å². The van der Waals surface area contributed by atoms with Crippen molar-refractivity contribution in [1.29, 1.82) is 0 Å². The standard InChI is InChI=1S/C22H27Cl2N5O3/c1-28(2)19-7-6-15(26-22(31)27-20-17(23)4-3-5-18(20)24)14-16(19)21(30)25-8-9-29-10-12-32-13-11-29/h3-7,14H,8-13H2,1-2H3,(H,25,30)(H2,26,27,31). The van der Waals surface area contributed by atoms with Crippen LogP contribution in [0.4, 0.5) is 21.9 Å². The summed E-state index contributed by atoms with van der Waals surface area (Å²) in [6, 6.07) is 9.60. The molecule has 172 valence electrons. The number of rotatable bonds is 7. The van der Waals surface area contributed by atoms with E-state index in [1.54, 1.807) is 36.4 Å². The number of nitrogens with one attached hydrogen (secondary N) is 3. The van der Waals surface area contributed by atoms with Gasteiger partial charge in [0, 0.05) is 51.6 Å². The van der Waals surface area contributed by atoms with Crippen LogP contribution in [-0.2, 0) is 4.74 Å². The Labute approximate surface area is 197 Å². The van der Waals surface area contributed by atoms with Crippen LogP contribution in [0.2, 0.25) is 10.0 Å². The summed E-state index contributed by atoms with van der Waals surface area (Å²) in [5.74, 6) is -0.208. The van der Waals surface area contributed by atoms with Crippen LogP contribution in [-0.4, -0.2) is 70.3 Å². The normalized spacial score (nSPS) is 14.0. The molecule has 3 amide bonds. The van der Waals surface area contributed by atoms with E-state index in [0.29, 0.717) is 46.7 Å². The second kappa shape index (κ2) is 11.4. The van der Waals surface area contributed by atoms with Gasteiger partial charge in [0.25, 0.3) is 5.91 Å². The smallest absolute Gasteiger partial charge is 0.323 e. The average Bonchev–Trinajstić information content (AvgIpc) is 2.77. The lowest BCUT2D eigenvalue weighted by Gasteiger charge is -2.26. The Morgan fingerprint density at radius 1 is 1.06 bits per heavy atom. The molecule has 3 N–H and O–H groups in total.